The van der Waals surface area contributed by atoms with Crippen LogP contribution >= 0.6 is 0 Å². The molecule has 1 aliphatic heterocycles. The smallest absolute Gasteiger partial charge is 0.241 e. The van der Waals surface area contributed by atoms with E-state index in [2.05, 4.69) is 18.3 Å². The molecule has 0 unspecified atom stereocenters. The van der Waals surface area contributed by atoms with E-state index >= 15 is 0 Å². The van der Waals surface area contributed by atoms with Crippen molar-refractivity contribution in [3.05, 3.63) is 59.7 Å². The molecule has 0 bridgehead atoms. The predicted molar refractivity (Wildman–Crippen MR) is 109 cm³/mol. The van der Waals surface area contributed by atoms with Gasteiger partial charge in [0.2, 0.25) is 11.8 Å². The number of nitrogens with one attached hydrogen (secondary N) is 1. The standard InChI is InChI=1S/C22H27N3O2/c1-3-13-24(15-21(26)23-19-10-6-4-8-17(19)2)16-22(27)25-14-12-18-9-5-7-11-20(18)25/h4-11H,3,12-16H2,1-2H3,(H,23,26). The lowest BCUT2D eigenvalue weighted by Gasteiger charge is -2.24. The van der Waals surface area contributed by atoms with E-state index < -0.39 is 0 Å². The molecule has 0 radical (unpaired) electrons. The second-order valence-corrected chi connectivity index (χ2v) is 7.00. The highest BCUT2D eigenvalue weighted by atomic mass is 16.2. The third-order valence-electron chi connectivity index (χ3n) is 4.87. The number of amides is 2. The van der Waals surface area contributed by atoms with Crippen LogP contribution in [0.1, 0.15) is 24.5 Å². The van der Waals surface area contributed by atoms with E-state index in [9.17, 15) is 9.59 Å². The predicted octanol–water partition coefficient (Wildman–Crippen LogP) is 3.23. The van der Waals surface area contributed by atoms with Gasteiger partial charge in [-0.2, -0.15) is 0 Å². The first kappa shape index (κ1) is 19.1. The zero-order chi connectivity index (χ0) is 19.2. The number of para-hydroxylation sites is 2. The van der Waals surface area contributed by atoms with Crippen LogP contribution in [0.15, 0.2) is 48.5 Å². The van der Waals surface area contributed by atoms with Gasteiger partial charge < -0.3 is 10.2 Å². The fourth-order valence-electron chi connectivity index (χ4n) is 3.51. The summed E-state index contributed by atoms with van der Waals surface area (Å²) in [5.41, 5.74) is 4.06. The summed E-state index contributed by atoms with van der Waals surface area (Å²) >= 11 is 0. The van der Waals surface area contributed by atoms with Crippen molar-refractivity contribution in [2.75, 3.05) is 36.4 Å². The molecule has 2 aromatic carbocycles. The average Bonchev–Trinajstić information content (AvgIpc) is 3.08. The normalized spacial score (nSPS) is 12.9. The maximum absolute atomic E-state index is 12.8. The second-order valence-electron chi connectivity index (χ2n) is 7.00. The van der Waals surface area contributed by atoms with E-state index in [0.717, 1.165) is 29.8 Å². The van der Waals surface area contributed by atoms with Gasteiger partial charge >= 0.3 is 0 Å². The molecule has 1 aliphatic rings. The molecule has 2 amide bonds. The number of hydrogen-bond donors (Lipinski definition) is 1. The van der Waals surface area contributed by atoms with E-state index in [1.165, 1.54) is 5.56 Å². The van der Waals surface area contributed by atoms with Crippen LogP contribution in [-0.2, 0) is 16.0 Å². The minimum absolute atomic E-state index is 0.0529. The van der Waals surface area contributed by atoms with Crippen molar-refractivity contribution in [1.29, 1.82) is 0 Å². The van der Waals surface area contributed by atoms with Crippen molar-refractivity contribution in [3.8, 4) is 0 Å². The number of anilines is 2. The van der Waals surface area contributed by atoms with Crippen molar-refractivity contribution in [1.82, 2.24) is 4.90 Å². The Morgan fingerprint density at radius 3 is 2.59 bits per heavy atom. The summed E-state index contributed by atoms with van der Waals surface area (Å²) in [5, 5.41) is 2.95. The SMILES string of the molecule is CCCN(CC(=O)Nc1ccccc1C)CC(=O)N1CCc2ccccc21. The lowest BCUT2D eigenvalue weighted by atomic mass is 10.2. The van der Waals surface area contributed by atoms with Crippen LogP contribution in [-0.4, -0.2) is 42.9 Å². The van der Waals surface area contributed by atoms with Crippen LogP contribution in [0.3, 0.4) is 0 Å². The van der Waals surface area contributed by atoms with Gasteiger partial charge in [-0.25, -0.2) is 0 Å². The van der Waals surface area contributed by atoms with Crippen molar-refractivity contribution in [3.63, 3.8) is 0 Å². The molecule has 1 N–H and O–H groups in total. The first-order chi connectivity index (χ1) is 13.1. The molecule has 1 heterocycles. The molecule has 142 valence electrons. The van der Waals surface area contributed by atoms with Crippen molar-refractivity contribution in [2.24, 2.45) is 0 Å². The number of hydrogen-bond acceptors (Lipinski definition) is 3. The summed E-state index contributed by atoms with van der Waals surface area (Å²) < 4.78 is 0. The zero-order valence-corrected chi connectivity index (χ0v) is 16.1. The van der Waals surface area contributed by atoms with E-state index in [1.807, 2.05) is 59.2 Å². The van der Waals surface area contributed by atoms with Gasteiger partial charge in [0.1, 0.15) is 0 Å². The molecule has 0 aliphatic carbocycles. The molecule has 3 rings (SSSR count). The number of rotatable bonds is 7. The largest absolute Gasteiger partial charge is 0.325 e. The summed E-state index contributed by atoms with van der Waals surface area (Å²) in [6.45, 7) is 5.92. The molecule has 0 atom stereocenters. The van der Waals surface area contributed by atoms with Crippen LogP contribution < -0.4 is 10.2 Å². The van der Waals surface area contributed by atoms with E-state index in [-0.39, 0.29) is 24.9 Å². The molecular weight excluding hydrogens is 338 g/mol. The fraction of sp³-hybridized carbons (Fsp3) is 0.364. The molecule has 0 aromatic heterocycles. The van der Waals surface area contributed by atoms with Crippen LogP contribution in [0.2, 0.25) is 0 Å². The highest BCUT2D eigenvalue weighted by Gasteiger charge is 2.25. The Balaban J connectivity index is 1.61. The molecule has 27 heavy (non-hydrogen) atoms. The van der Waals surface area contributed by atoms with E-state index in [4.69, 9.17) is 0 Å². The molecule has 2 aromatic rings. The van der Waals surface area contributed by atoms with Gasteiger partial charge in [0, 0.05) is 17.9 Å². The first-order valence-corrected chi connectivity index (χ1v) is 9.54. The molecule has 0 fully saturated rings. The van der Waals surface area contributed by atoms with Crippen LogP contribution in [0.25, 0.3) is 0 Å². The summed E-state index contributed by atoms with van der Waals surface area (Å²) in [6, 6.07) is 15.7. The van der Waals surface area contributed by atoms with Gasteiger partial charge in [0.05, 0.1) is 13.1 Å². The molecule has 0 spiro atoms. The topological polar surface area (TPSA) is 52.7 Å². The van der Waals surface area contributed by atoms with Crippen molar-refractivity contribution < 1.29 is 9.59 Å². The van der Waals surface area contributed by atoms with Crippen molar-refractivity contribution in [2.45, 2.75) is 26.7 Å². The highest BCUT2D eigenvalue weighted by Crippen LogP contribution is 2.27. The minimum atomic E-state index is -0.0904. The lowest BCUT2D eigenvalue weighted by Crippen LogP contribution is -2.43. The van der Waals surface area contributed by atoms with Crippen molar-refractivity contribution >= 4 is 23.2 Å². The van der Waals surface area contributed by atoms with Crippen LogP contribution in [0.5, 0.6) is 0 Å². The van der Waals surface area contributed by atoms with Crippen LogP contribution in [0.4, 0.5) is 11.4 Å². The number of carbonyl (C=O) groups excluding carboxylic acids is 2. The number of benzene rings is 2. The molecule has 5 heteroatoms. The van der Waals surface area contributed by atoms with E-state index in [1.54, 1.807) is 0 Å². The molecular formula is C22H27N3O2. The third kappa shape index (κ3) is 4.74. The van der Waals surface area contributed by atoms with Gasteiger partial charge in [-0.15, -0.1) is 0 Å². The average molecular weight is 365 g/mol. The summed E-state index contributed by atoms with van der Waals surface area (Å²) in [5.74, 6) is -0.0375. The fourth-order valence-corrected chi connectivity index (χ4v) is 3.51. The van der Waals surface area contributed by atoms with Gasteiger partial charge in [-0.1, -0.05) is 43.3 Å². The summed E-state index contributed by atoms with van der Waals surface area (Å²) in [4.78, 5) is 29.1. The molecule has 5 nitrogen and oxygen atoms in total. The zero-order valence-electron chi connectivity index (χ0n) is 16.1. The quantitative estimate of drug-likeness (QED) is 0.820. The Labute approximate surface area is 161 Å². The Morgan fingerprint density at radius 1 is 1.07 bits per heavy atom. The Bertz CT molecular complexity index is 819. The van der Waals surface area contributed by atoms with Gasteiger partial charge in [-0.3, -0.25) is 14.5 Å². The van der Waals surface area contributed by atoms with Gasteiger partial charge in [0.15, 0.2) is 0 Å². The lowest BCUT2D eigenvalue weighted by molar-refractivity contribution is -0.121. The third-order valence-corrected chi connectivity index (χ3v) is 4.87. The molecule has 0 saturated heterocycles. The maximum Gasteiger partial charge on any atom is 0.241 e. The first-order valence-electron chi connectivity index (χ1n) is 9.54. The number of aryl methyl sites for hydroxylation is 1. The second kappa shape index (κ2) is 8.82. The number of fused-ring (bicyclic) bond motifs is 1. The Kier molecular flexibility index (Phi) is 6.24. The van der Waals surface area contributed by atoms with E-state index in [0.29, 0.717) is 13.1 Å². The summed E-state index contributed by atoms with van der Waals surface area (Å²) in [6.07, 6.45) is 1.78. The molecule has 0 saturated carbocycles. The number of carbonyl (C=O) groups is 2. The maximum atomic E-state index is 12.8. The monoisotopic (exact) mass is 365 g/mol. The van der Waals surface area contributed by atoms with Gasteiger partial charge in [-0.05, 0) is 49.6 Å². The van der Waals surface area contributed by atoms with Crippen LogP contribution in [0, 0.1) is 6.92 Å². The Morgan fingerprint density at radius 2 is 1.81 bits per heavy atom. The highest BCUT2D eigenvalue weighted by molar-refractivity contribution is 5.97. The minimum Gasteiger partial charge on any atom is -0.325 e. The Hall–Kier alpha value is -2.66. The summed E-state index contributed by atoms with van der Waals surface area (Å²) in [7, 11) is 0. The number of nitrogens with zero attached hydrogens (tertiary/aromatic N) is 2. The van der Waals surface area contributed by atoms with Gasteiger partial charge in [0.25, 0.3) is 0 Å².